The van der Waals surface area contributed by atoms with Crippen molar-refractivity contribution in [1.29, 1.82) is 0 Å². The van der Waals surface area contributed by atoms with Crippen molar-refractivity contribution in [2.24, 2.45) is 11.8 Å². The molecule has 2 bridgehead atoms. The molecule has 3 aliphatic rings. The third-order valence-corrected chi connectivity index (χ3v) is 5.35. The summed E-state index contributed by atoms with van der Waals surface area (Å²) in [5.41, 5.74) is 0. The Hall–Kier alpha value is -0.0800. The molecule has 0 spiro atoms. The van der Waals surface area contributed by atoms with E-state index < -0.39 is 0 Å². The fourth-order valence-corrected chi connectivity index (χ4v) is 4.46. The van der Waals surface area contributed by atoms with Crippen LogP contribution in [0.1, 0.15) is 46.0 Å². The molecule has 1 saturated carbocycles. The molecule has 17 heavy (non-hydrogen) atoms. The minimum Gasteiger partial charge on any atom is -0.300 e. The normalized spacial score (nSPS) is 40.1. The molecule has 3 fully saturated rings. The molecule has 2 unspecified atom stereocenters. The predicted octanol–water partition coefficient (Wildman–Crippen LogP) is 2.59. The molecule has 2 aliphatic heterocycles. The Labute approximate surface area is 106 Å². The largest absolute Gasteiger partial charge is 0.300 e. The van der Waals surface area contributed by atoms with Gasteiger partial charge in [-0.05, 0) is 64.5 Å². The van der Waals surface area contributed by atoms with Gasteiger partial charge in [0.05, 0.1) is 0 Å². The van der Waals surface area contributed by atoms with Crippen LogP contribution >= 0.6 is 0 Å². The lowest BCUT2D eigenvalue weighted by atomic mass is 9.88. The second kappa shape index (κ2) is 4.89. The second-order valence-corrected chi connectivity index (χ2v) is 6.73. The first-order chi connectivity index (χ1) is 8.25. The average Bonchev–Trinajstić information content (AvgIpc) is 2.60. The van der Waals surface area contributed by atoms with E-state index in [4.69, 9.17) is 0 Å². The summed E-state index contributed by atoms with van der Waals surface area (Å²) in [4.78, 5) is 5.58. The molecule has 0 aromatic heterocycles. The topological polar surface area (TPSA) is 6.48 Å². The van der Waals surface area contributed by atoms with E-state index in [0.29, 0.717) is 0 Å². The Bertz CT molecular complexity index is 244. The van der Waals surface area contributed by atoms with E-state index in [1.54, 1.807) is 0 Å². The maximum Gasteiger partial charge on any atom is 0.0176 e. The number of likely N-dealkylation sites (tertiary alicyclic amines) is 2. The van der Waals surface area contributed by atoms with Crippen molar-refractivity contribution >= 4 is 0 Å². The molecule has 0 amide bonds. The molecule has 1 aliphatic carbocycles. The second-order valence-electron chi connectivity index (χ2n) is 6.73. The first-order valence-corrected chi connectivity index (χ1v) is 7.74. The van der Waals surface area contributed by atoms with Crippen LogP contribution in [0.4, 0.5) is 0 Å². The molecule has 0 radical (unpaired) electrons. The van der Waals surface area contributed by atoms with Gasteiger partial charge in [0.2, 0.25) is 0 Å². The number of hydrogen-bond donors (Lipinski definition) is 0. The lowest BCUT2D eigenvalue weighted by Gasteiger charge is -2.46. The predicted molar refractivity (Wildman–Crippen MR) is 72.1 cm³/mol. The van der Waals surface area contributed by atoms with Gasteiger partial charge < -0.3 is 4.90 Å². The smallest absolute Gasteiger partial charge is 0.0176 e. The summed E-state index contributed by atoms with van der Waals surface area (Å²) >= 11 is 0. The number of hydrogen-bond acceptors (Lipinski definition) is 2. The van der Waals surface area contributed by atoms with Crippen molar-refractivity contribution < 1.29 is 0 Å². The number of fused-ring (bicyclic) bond motifs is 2. The van der Waals surface area contributed by atoms with E-state index in [-0.39, 0.29) is 0 Å². The van der Waals surface area contributed by atoms with Crippen molar-refractivity contribution in [3.05, 3.63) is 0 Å². The van der Waals surface area contributed by atoms with Gasteiger partial charge in [-0.1, -0.05) is 6.42 Å². The third-order valence-electron chi connectivity index (χ3n) is 5.35. The van der Waals surface area contributed by atoms with Crippen LogP contribution in [0.25, 0.3) is 0 Å². The molecular weight excluding hydrogens is 208 g/mol. The van der Waals surface area contributed by atoms with Crippen LogP contribution in [-0.2, 0) is 0 Å². The average molecular weight is 236 g/mol. The van der Waals surface area contributed by atoms with E-state index in [0.717, 1.165) is 23.9 Å². The minimum absolute atomic E-state index is 0.750. The van der Waals surface area contributed by atoms with E-state index in [2.05, 4.69) is 23.6 Å². The van der Waals surface area contributed by atoms with Crippen LogP contribution in [-0.4, -0.2) is 48.1 Å². The molecule has 98 valence electrons. The Balaban J connectivity index is 1.67. The number of rotatable bonds is 2. The number of nitrogens with zero attached hydrogens (tertiary/aromatic N) is 2. The molecular formula is C15H28N2. The maximum atomic E-state index is 2.85. The summed E-state index contributed by atoms with van der Waals surface area (Å²) in [6, 6.07) is 1.70. The molecule has 3 rings (SSSR count). The Morgan fingerprint density at radius 2 is 1.47 bits per heavy atom. The molecule has 0 aromatic carbocycles. The third kappa shape index (κ3) is 2.26. The van der Waals surface area contributed by atoms with Crippen molar-refractivity contribution in [2.45, 2.75) is 58.0 Å². The summed E-state index contributed by atoms with van der Waals surface area (Å²) in [5.74, 6) is 1.96. The Morgan fingerprint density at radius 3 is 2.00 bits per heavy atom. The van der Waals surface area contributed by atoms with Crippen LogP contribution < -0.4 is 0 Å². The zero-order chi connectivity index (χ0) is 11.8. The van der Waals surface area contributed by atoms with Crippen LogP contribution in [0, 0.1) is 11.8 Å². The van der Waals surface area contributed by atoms with Gasteiger partial charge in [0, 0.05) is 25.2 Å². The summed E-state index contributed by atoms with van der Waals surface area (Å²) < 4.78 is 0. The summed E-state index contributed by atoms with van der Waals surface area (Å²) in [6.07, 6.45) is 7.36. The Kier molecular flexibility index (Phi) is 3.45. The van der Waals surface area contributed by atoms with Gasteiger partial charge in [-0.3, -0.25) is 4.90 Å². The molecule has 2 saturated heterocycles. The van der Waals surface area contributed by atoms with Gasteiger partial charge in [-0.25, -0.2) is 0 Å². The minimum atomic E-state index is 0.750. The van der Waals surface area contributed by atoms with Gasteiger partial charge in [0.15, 0.2) is 0 Å². The van der Waals surface area contributed by atoms with Crippen molar-refractivity contribution in [3.63, 3.8) is 0 Å². The van der Waals surface area contributed by atoms with Gasteiger partial charge in [0.1, 0.15) is 0 Å². The first-order valence-electron chi connectivity index (χ1n) is 7.74. The standard InChI is InChI=1S/C15H28N2/c1-12(2)17-10-13-6-7-14(11-17)15(13)16-8-4-3-5-9-16/h12-15H,3-11H2,1-2H3. The van der Waals surface area contributed by atoms with Gasteiger partial charge in [-0.2, -0.15) is 0 Å². The summed E-state index contributed by atoms with van der Waals surface area (Å²) in [6.45, 7) is 10.2. The fraction of sp³-hybridized carbons (Fsp3) is 1.00. The summed E-state index contributed by atoms with van der Waals surface area (Å²) in [7, 11) is 0. The van der Waals surface area contributed by atoms with E-state index >= 15 is 0 Å². The van der Waals surface area contributed by atoms with Crippen LogP contribution in [0.3, 0.4) is 0 Å². The quantitative estimate of drug-likeness (QED) is 0.727. The Morgan fingerprint density at radius 1 is 0.882 bits per heavy atom. The molecule has 2 heterocycles. The van der Waals surface area contributed by atoms with Crippen LogP contribution in [0.5, 0.6) is 0 Å². The maximum absolute atomic E-state index is 2.85. The highest BCUT2D eigenvalue weighted by Crippen LogP contribution is 2.41. The molecule has 0 aromatic rings. The SMILES string of the molecule is CC(C)N1CC2CCC(C1)C2N1CCCCC1. The zero-order valence-electron chi connectivity index (χ0n) is 11.6. The van der Waals surface area contributed by atoms with E-state index in [1.165, 1.54) is 58.3 Å². The lowest BCUT2D eigenvalue weighted by Crippen LogP contribution is -2.55. The monoisotopic (exact) mass is 236 g/mol. The van der Waals surface area contributed by atoms with Crippen LogP contribution in [0.15, 0.2) is 0 Å². The van der Waals surface area contributed by atoms with Crippen molar-refractivity contribution in [1.82, 2.24) is 9.80 Å². The van der Waals surface area contributed by atoms with Crippen molar-refractivity contribution in [3.8, 4) is 0 Å². The highest BCUT2D eigenvalue weighted by molar-refractivity contribution is 4.99. The molecule has 2 nitrogen and oxygen atoms in total. The van der Waals surface area contributed by atoms with Gasteiger partial charge in [0.25, 0.3) is 0 Å². The lowest BCUT2D eigenvalue weighted by molar-refractivity contribution is 0.0244. The molecule has 2 atom stereocenters. The fourth-order valence-electron chi connectivity index (χ4n) is 4.46. The highest BCUT2D eigenvalue weighted by Gasteiger charge is 2.45. The van der Waals surface area contributed by atoms with Crippen LogP contribution in [0.2, 0.25) is 0 Å². The molecule has 0 N–H and O–H groups in total. The number of piperidine rings is 2. The molecule has 2 heteroatoms. The van der Waals surface area contributed by atoms with Gasteiger partial charge in [-0.15, -0.1) is 0 Å². The van der Waals surface area contributed by atoms with E-state index in [1.807, 2.05) is 0 Å². The van der Waals surface area contributed by atoms with Crippen molar-refractivity contribution in [2.75, 3.05) is 26.2 Å². The zero-order valence-corrected chi connectivity index (χ0v) is 11.6. The summed E-state index contributed by atoms with van der Waals surface area (Å²) in [5, 5.41) is 0. The van der Waals surface area contributed by atoms with Gasteiger partial charge >= 0.3 is 0 Å². The first kappa shape index (κ1) is 12.0. The highest BCUT2D eigenvalue weighted by atomic mass is 15.2. The van der Waals surface area contributed by atoms with E-state index in [9.17, 15) is 0 Å².